The Labute approximate surface area is 128 Å². The van der Waals surface area contributed by atoms with Gasteiger partial charge in [0.1, 0.15) is 0 Å². The molecule has 0 spiro atoms. The van der Waals surface area contributed by atoms with E-state index in [1.165, 1.54) is 5.56 Å². The number of aliphatic imine (C=N–C) groups is 1. The van der Waals surface area contributed by atoms with Gasteiger partial charge in [0.15, 0.2) is 0 Å². The molecule has 1 aromatic carbocycles. The molecule has 102 valence electrons. The molecule has 19 heavy (non-hydrogen) atoms. The summed E-state index contributed by atoms with van der Waals surface area (Å²) in [5.41, 5.74) is 8.82. The molecule has 0 bridgehead atoms. The highest BCUT2D eigenvalue weighted by atomic mass is 35.6. The number of halogens is 3. The van der Waals surface area contributed by atoms with Crippen LogP contribution in [0.4, 0.5) is 0 Å². The Morgan fingerprint density at radius 1 is 1.32 bits per heavy atom. The highest BCUT2D eigenvalue weighted by molar-refractivity contribution is 6.69. The quantitative estimate of drug-likeness (QED) is 0.780. The van der Waals surface area contributed by atoms with E-state index in [0.717, 1.165) is 17.7 Å². The number of rotatable bonds is 1. The van der Waals surface area contributed by atoms with Crippen molar-refractivity contribution >= 4 is 40.5 Å². The Bertz CT molecular complexity index is 554. The minimum absolute atomic E-state index is 0.170. The van der Waals surface area contributed by atoms with Crippen LogP contribution in [0.1, 0.15) is 25.0 Å². The van der Waals surface area contributed by atoms with Gasteiger partial charge in [0.25, 0.3) is 0 Å². The van der Waals surface area contributed by atoms with Gasteiger partial charge in [-0.2, -0.15) is 0 Å². The summed E-state index contributed by atoms with van der Waals surface area (Å²) in [7, 11) is 0. The summed E-state index contributed by atoms with van der Waals surface area (Å²) in [6.07, 6.45) is 2.53. The summed E-state index contributed by atoms with van der Waals surface area (Å²) < 4.78 is -1.61. The summed E-state index contributed by atoms with van der Waals surface area (Å²) in [5, 5.41) is 0. The second kappa shape index (κ2) is 5.01. The number of fused-ring (bicyclic) bond motifs is 1. The largest absolute Gasteiger partial charge is 0.398 e. The molecule has 0 fully saturated rings. The lowest BCUT2D eigenvalue weighted by atomic mass is 9.87. The standard InChI is InChI=1S/C14H15Cl3N2/c1-13(2)8-9-5-3-4-6-10(9)11(19-13)7-12(18)14(15,16)17/h3-7H,8,18H2,1-2H3/b12-7-. The molecule has 0 aromatic heterocycles. The summed E-state index contributed by atoms with van der Waals surface area (Å²) in [6.45, 7) is 4.14. The average Bonchev–Trinajstić information content (AvgIpc) is 2.26. The monoisotopic (exact) mass is 316 g/mol. The molecule has 5 heteroatoms. The Kier molecular flexibility index (Phi) is 3.87. The molecule has 0 aliphatic carbocycles. The first-order chi connectivity index (χ1) is 8.69. The predicted molar refractivity (Wildman–Crippen MR) is 83.3 cm³/mol. The van der Waals surface area contributed by atoms with Crippen molar-refractivity contribution in [1.82, 2.24) is 0 Å². The van der Waals surface area contributed by atoms with E-state index >= 15 is 0 Å². The Balaban J connectivity index is 2.51. The molecule has 0 unspecified atom stereocenters. The molecule has 0 saturated carbocycles. The first-order valence-corrected chi connectivity index (χ1v) is 7.05. The normalized spacial score (nSPS) is 18.8. The zero-order valence-electron chi connectivity index (χ0n) is 10.8. The molecule has 0 radical (unpaired) electrons. The lowest BCUT2D eigenvalue weighted by Gasteiger charge is -2.28. The molecule has 1 aromatic rings. The second-order valence-corrected chi connectivity index (χ2v) is 7.52. The van der Waals surface area contributed by atoms with Crippen LogP contribution in [0.15, 0.2) is 41.0 Å². The van der Waals surface area contributed by atoms with Crippen LogP contribution in [0.2, 0.25) is 0 Å². The van der Waals surface area contributed by atoms with Gasteiger partial charge in [-0.1, -0.05) is 59.1 Å². The lowest BCUT2D eigenvalue weighted by Crippen LogP contribution is -2.29. The molecule has 1 heterocycles. The third-order valence-corrected chi connectivity index (χ3v) is 3.61. The van der Waals surface area contributed by atoms with Crippen LogP contribution in [0.5, 0.6) is 0 Å². The molecular formula is C14H15Cl3N2. The van der Waals surface area contributed by atoms with Gasteiger partial charge in [-0.15, -0.1) is 0 Å². The van der Waals surface area contributed by atoms with Gasteiger partial charge in [-0.25, -0.2) is 0 Å². The van der Waals surface area contributed by atoms with Gasteiger partial charge in [0.05, 0.1) is 16.9 Å². The minimum atomic E-state index is -1.61. The van der Waals surface area contributed by atoms with Crippen molar-refractivity contribution in [2.24, 2.45) is 10.7 Å². The van der Waals surface area contributed by atoms with E-state index in [-0.39, 0.29) is 11.2 Å². The van der Waals surface area contributed by atoms with Gasteiger partial charge >= 0.3 is 0 Å². The zero-order chi connectivity index (χ0) is 14.3. The number of allylic oxidation sites excluding steroid dienone is 2. The first kappa shape index (κ1) is 14.7. The van der Waals surface area contributed by atoms with Crippen LogP contribution < -0.4 is 5.73 Å². The highest BCUT2D eigenvalue weighted by Gasteiger charge is 2.28. The Morgan fingerprint density at radius 2 is 1.95 bits per heavy atom. The maximum atomic E-state index is 5.81. The topological polar surface area (TPSA) is 38.4 Å². The molecule has 2 nitrogen and oxygen atoms in total. The van der Waals surface area contributed by atoms with Crippen LogP contribution in [0, 0.1) is 0 Å². The van der Waals surface area contributed by atoms with Crippen LogP contribution in [0.25, 0.3) is 0 Å². The summed E-state index contributed by atoms with van der Waals surface area (Å²) >= 11 is 17.4. The fourth-order valence-corrected chi connectivity index (χ4v) is 2.32. The molecule has 2 rings (SSSR count). The van der Waals surface area contributed by atoms with E-state index in [1.807, 2.05) is 18.2 Å². The van der Waals surface area contributed by atoms with E-state index in [1.54, 1.807) is 6.08 Å². The number of benzene rings is 1. The van der Waals surface area contributed by atoms with E-state index in [2.05, 4.69) is 19.9 Å². The molecule has 0 amide bonds. The number of hydrogen-bond donors (Lipinski definition) is 1. The molecule has 0 atom stereocenters. The van der Waals surface area contributed by atoms with Crippen molar-refractivity contribution in [3.63, 3.8) is 0 Å². The summed E-state index contributed by atoms with van der Waals surface area (Å²) in [5.74, 6) is 0. The molecule has 1 aliphatic heterocycles. The van der Waals surface area contributed by atoms with Crippen LogP contribution in [-0.4, -0.2) is 15.0 Å². The number of hydrogen-bond acceptors (Lipinski definition) is 2. The van der Waals surface area contributed by atoms with Crippen LogP contribution in [-0.2, 0) is 6.42 Å². The van der Waals surface area contributed by atoms with Crippen molar-refractivity contribution in [1.29, 1.82) is 0 Å². The zero-order valence-corrected chi connectivity index (χ0v) is 13.0. The SMILES string of the molecule is CC1(C)Cc2ccccc2C(/C=C(\N)C(Cl)(Cl)Cl)=N1. The van der Waals surface area contributed by atoms with E-state index in [4.69, 9.17) is 45.5 Å². The number of nitrogens with two attached hydrogens (primary N) is 1. The number of alkyl halides is 3. The number of nitrogens with zero attached hydrogens (tertiary/aromatic N) is 1. The summed E-state index contributed by atoms with van der Waals surface area (Å²) in [6, 6.07) is 8.07. The summed E-state index contributed by atoms with van der Waals surface area (Å²) in [4.78, 5) is 4.69. The van der Waals surface area contributed by atoms with Crippen molar-refractivity contribution < 1.29 is 0 Å². The van der Waals surface area contributed by atoms with E-state index < -0.39 is 3.79 Å². The second-order valence-electron chi connectivity index (χ2n) is 5.24. The van der Waals surface area contributed by atoms with Crippen LogP contribution >= 0.6 is 34.8 Å². The van der Waals surface area contributed by atoms with E-state index in [0.29, 0.717) is 0 Å². The lowest BCUT2D eigenvalue weighted by molar-refractivity contribution is 0.514. The maximum absolute atomic E-state index is 5.81. The van der Waals surface area contributed by atoms with Gasteiger partial charge in [-0.3, -0.25) is 4.99 Å². The smallest absolute Gasteiger partial charge is 0.229 e. The molecule has 2 N–H and O–H groups in total. The van der Waals surface area contributed by atoms with Crippen molar-refractivity contribution in [3.8, 4) is 0 Å². The first-order valence-electron chi connectivity index (χ1n) is 5.91. The van der Waals surface area contributed by atoms with Crippen molar-refractivity contribution in [2.75, 3.05) is 0 Å². The fraction of sp³-hybridized carbons (Fsp3) is 0.357. The Morgan fingerprint density at radius 3 is 2.58 bits per heavy atom. The van der Waals surface area contributed by atoms with Gasteiger partial charge in [0, 0.05) is 5.56 Å². The maximum Gasteiger partial charge on any atom is 0.229 e. The molecular weight excluding hydrogens is 303 g/mol. The average molecular weight is 318 g/mol. The van der Waals surface area contributed by atoms with Gasteiger partial charge < -0.3 is 5.73 Å². The molecule has 1 aliphatic rings. The van der Waals surface area contributed by atoms with Gasteiger partial charge in [0.2, 0.25) is 3.79 Å². The third kappa shape index (κ3) is 3.44. The molecule has 0 saturated heterocycles. The predicted octanol–water partition coefficient (Wildman–Crippen LogP) is 4.02. The van der Waals surface area contributed by atoms with Crippen molar-refractivity contribution in [2.45, 2.75) is 29.6 Å². The minimum Gasteiger partial charge on any atom is -0.398 e. The Hall–Kier alpha value is -0.700. The van der Waals surface area contributed by atoms with E-state index in [9.17, 15) is 0 Å². The fourth-order valence-electron chi connectivity index (χ4n) is 2.16. The van der Waals surface area contributed by atoms with Crippen molar-refractivity contribution in [3.05, 3.63) is 47.2 Å². The van der Waals surface area contributed by atoms with Gasteiger partial charge in [-0.05, 0) is 31.9 Å². The van der Waals surface area contributed by atoms with Crippen LogP contribution in [0.3, 0.4) is 0 Å². The third-order valence-electron chi connectivity index (χ3n) is 2.96. The highest BCUT2D eigenvalue weighted by Crippen LogP contribution is 2.33.